The summed E-state index contributed by atoms with van der Waals surface area (Å²) >= 11 is 0. The Balaban J connectivity index is 1.79. The van der Waals surface area contributed by atoms with Crippen LogP contribution < -0.4 is 0 Å². The van der Waals surface area contributed by atoms with Gasteiger partial charge in [-0.1, -0.05) is 30.3 Å². The minimum Gasteiger partial charge on any atom is -0.457 e. The summed E-state index contributed by atoms with van der Waals surface area (Å²) in [5.41, 5.74) is 0.441. The predicted molar refractivity (Wildman–Crippen MR) is 98.3 cm³/mol. The Bertz CT molecular complexity index is 1070. The average molecular weight is 406 g/mol. The maximum absolute atomic E-state index is 13.7. The monoisotopic (exact) mass is 406 g/mol. The fraction of sp³-hybridized carbons (Fsp3) is 0.158. The number of nitrogens with zero attached hydrogens (tertiary/aromatic N) is 2. The Kier molecular flexibility index (Phi) is 5.55. The van der Waals surface area contributed by atoms with Crippen molar-refractivity contribution in [3.05, 3.63) is 83.1 Å². The fourth-order valence-corrected chi connectivity index (χ4v) is 3.64. The summed E-state index contributed by atoms with van der Waals surface area (Å²) in [6.45, 7) is 0.834. The molecule has 0 saturated carbocycles. The zero-order valence-corrected chi connectivity index (χ0v) is 15.6. The van der Waals surface area contributed by atoms with E-state index in [-0.39, 0.29) is 23.4 Å². The molecule has 1 heterocycles. The molecule has 0 radical (unpaired) electrons. The second-order valence-electron chi connectivity index (χ2n) is 6.04. The summed E-state index contributed by atoms with van der Waals surface area (Å²) < 4.78 is 61.0. The Morgan fingerprint density at radius 3 is 2.57 bits per heavy atom. The summed E-state index contributed by atoms with van der Waals surface area (Å²) in [6, 6.07) is 11.6. The molecular formula is C19H16F2N2O4S. The van der Waals surface area contributed by atoms with Crippen molar-refractivity contribution >= 4 is 21.9 Å². The van der Waals surface area contributed by atoms with Crippen LogP contribution in [0.5, 0.6) is 0 Å². The highest BCUT2D eigenvalue weighted by Crippen LogP contribution is 2.21. The zero-order valence-electron chi connectivity index (χ0n) is 14.8. The van der Waals surface area contributed by atoms with Crippen LogP contribution in [0.2, 0.25) is 0 Å². The Morgan fingerprint density at radius 2 is 1.86 bits per heavy atom. The van der Waals surface area contributed by atoms with Crippen LogP contribution in [0.15, 0.2) is 64.7 Å². The van der Waals surface area contributed by atoms with Gasteiger partial charge in [-0.25, -0.2) is 13.6 Å². The highest BCUT2D eigenvalue weighted by Gasteiger charge is 2.29. The molecule has 0 spiro atoms. The highest BCUT2D eigenvalue weighted by atomic mass is 32.2. The van der Waals surface area contributed by atoms with Crippen LogP contribution in [0.25, 0.3) is 0 Å². The molecule has 2 aromatic carbocycles. The van der Waals surface area contributed by atoms with Crippen molar-refractivity contribution in [1.29, 1.82) is 0 Å². The first-order chi connectivity index (χ1) is 13.3. The van der Waals surface area contributed by atoms with Crippen LogP contribution in [0.3, 0.4) is 0 Å². The fourth-order valence-electron chi connectivity index (χ4n) is 2.54. The minimum absolute atomic E-state index is 0.0186. The normalized spacial score (nSPS) is 15.6. The van der Waals surface area contributed by atoms with E-state index in [2.05, 4.69) is 4.40 Å². The Morgan fingerprint density at radius 1 is 1.14 bits per heavy atom. The summed E-state index contributed by atoms with van der Waals surface area (Å²) in [4.78, 5) is 12.4. The maximum Gasteiger partial charge on any atom is 0.344 e. The van der Waals surface area contributed by atoms with Crippen LogP contribution in [0.4, 0.5) is 8.78 Å². The van der Waals surface area contributed by atoms with E-state index in [1.54, 1.807) is 30.3 Å². The van der Waals surface area contributed by atoms with E-state index in [0.29, 0.717) is 5.56 Å². The number of carbonyl (C=O) groups is 1. The molecule has 0 fully saturated rings. The van der Waals surface area contributed by atoms with Gasteiger partial charge < -0.3 is 4.74 Å². The number of halogens is 2. The van der Waals surface area contributed by atoms with Crippen LogP contribution in [-0.4, -0.2) is 24.4 Å². The molecule has 9 heteroatoms. The highest BCUT2D eigenvalue weighted by molar-refractivity contribution is 7.88. The van der Waals surface area contributed by atoms with Crippen molar-refractivity contribution in [3.63, 3.8) is 0 Å². The van der Waals surface area contributed by atoms with Crippen molar-refractivity contribution in [2.45, 2.75) is 20.1 Å². The van der Waals surface area contributed by atoms with Gasteiger partial charge in [-0.05, 0) is 30.7 Å². The van der Waals surface area contributed by atoms with Crippen molar-refractivity contribution in [2.75, 3.05) is 0 Å². The van der Waals surface area contributed by atoms with E-state index in [1.807, 2.05) is 0 Å². The third-order valence-electron chi connectivity index (χ3n) is 3.98. The average Bonchev–Trinajstić information content (AvgIpc) is 2.65. The minimum atomic E-state index is -3.99. The van der Waals surface area contributed by atoms with Gasteiger partial charge in [0.05, 0.1) is 17.8 Å². The van der Waals surface area contributed by atoms with Crippen molar-refractivity contribution in [1.82, 2.24) is 4.31 Å². The van der Waals surface area contributed by atoms with Crippen LogP contribution >= 0.6 is 0 Å². The van der Waals surface area contributed by atoms with E-state index >= 15 is 0 Å². The molecule has 28 heavy (non-hydrogen) atoms. The number of hydrogen-bond acceptors (Lipinski definition) is 4. The van der Waals surface area contributed by atoms with Gasteiger partial charge in [0.2, 0.25) is 0 Å². The quantitative estimate of drug-likeness (QED) is 0.715. The smallest absolute Gasteiger partial charge is 0.344 e. The second-order valence-corrected chi connectivity index (χ2v) is 7.59. The van der Waals surface area contributed by atoms with Gasteiger partial charge in [0.25, 0.3) is 0 Å². The second kappa shape index (κ2) is 7.89. The number of esters is 1. The van der Waals surface area contributed by atoms with E-state index in [1.165, 1.54) is 6.92 Å². The largest absolute Gasteiger partial charge is 0.457 e. The van der Waals surface area contributed by atoms with Gasteiger partial charge >= 0.3 is 16.2 Å². The molecule has 0 aliphatic carbocycles. The lowest BCUT2D eigenvalue weighted by Crippen LogP contribution is -2.31. The first-order valence-corrected chi connectivity index (χ1v) is 9.61. The third kappa shape index (κ3) is 4.42. The summed E-state index contributed by atoms with van der Waals surface area (Å²) in [5, 5.41) is 0. The molecule has 0 N–H and O–H groups in total. The number of benzene rings is 2. The molecule has 1 aliphatic rings. The van der Waals surface area contributed by atoms with E-state index < -0.39 is 34.4 Å². The molecule has 6 nitrogen and oxygen atoms in total. The number of carbonyl (C=O) groups excluding carboxylic acids is 1. The van der Waals surface area contributed by atoms with Crippen LogP contribution in [0, 0.1) is 11.6 Å². The van der Waals surface area contributed by atoms with Crippen molar-refractivity contribution < 1.29 is 26.7 Å². The molecule has 2 aromatic rings. The Hall–Kier alpha value is -3.07. The lowest BCUT2D eigenvalue weighted by Gasteiger charge is -2.23. The molecule has 3 rings (SSSR count). The summed E-state index contributed by atoms with van der Waals surface area (Å²) in [7, 11) is -3.99. The topological polar surface area (TPSA) is 76.0 Å². The van der Waals surface area contributed by atoms with Gasteiger partial charge in [0.1, 0.15) is 18.2 Å². The number of ether oxygens (including phenoxy) is 1. The lowest BCUT2D eigenvalue weighted by molar-refractivity contribution is -0.139. The zero-order chi connectivity index (χ0) is 20.3. The maximum atomic E-state index is 13.7. The first kappa shape index (κ1) is 19.7. The van der Waals surface area contributed by atoms with Crippen LogP contribution in [0.1, 0.15) is 18.1 Å². The van der Waals surface area contributed by atoms with Gasteiger partial charge in [-0.2, -0.15) is 8.42 Å². The molecule has 0 bridgehead atoms. The van der Waals surface area contributed by atoms with Gasteiger partial charge in [-0.15, -0.1) is 4.40 Å². The summed E-state index contributed by atoms with van der Waals surface area (Å²) in [5.74, 6) is -2.27. The van der Waals surface area contributed by atoms with E-state index in [0.717, 1.165) is 28.7 Å². The van der Waals surface area contributed by atoms with E-state index in [9.17, 15) is 22.0 Å². The van der Waals surface area contributed by atoms with Gasteiger partial charge in [-0.3, -0.25) is 4.31 Å². The Labute approximate surface area is 161 Å². The van der Waals surface area contributed by atoms with Gasteiger partial charge in [0, 0.05) is 11.8 Å². The third-order valence-corrected chi connectivity index (χ3v) is 5.31. The van der Waals surface area contributed by atoms with Gasteiger partial charge in [0.15, 0.2) is 0 Å². The summed E-state index contributed by atoms with van der Waals surface area (Å²) in [6.07, 6.45) is 1.13. The standard InChI is InChI=1S/C19H16F2N2O4S/c1-13-17(19(24)27-12-15-9-16(20)7-8-18(15)21)11-23(28(25,26)22-13)10-14-5-3-2-4-6-14/h2-9,11H,10,12H2,1H3. The van der Waals surface area contributed by atoms with E-state index in [4.69, 9.17) is 4.74 Å². The molecule has 0 atom stereocenters. The molecule has 0 aromatic heterocycles. The number of hydrogen-bond donors (Lipinski definition) is 0. The number of rotatable bonds is 5. The molecule has 146 valence electrons. The van der Waals surface area contributed by atoms with Crippen LogP contribution in [-0.2, 0) is 32.9 Å². The first-order valence-electron chi connectivity index (χ1n) is 8.22. The lowest BCUT2D eigenvalue weighted by atomic mass is 10.2. The van der Waals surface area contributed by atoms with Crippen molar-refractivity contribution in [2.24, 2.45) is 4.40 Å². The van der Waals surface area contributed by atoms with Crippen molar-refractivity contribution in [3.8, 4) is 0 Å². The predicted octanol–water partition coefficient (Wildman–Crippen LogP) is 3.11. The molecule has 0 saturated heterocycles. The molecular weight excluding hydrogens is 390 g/mol. The molecule has 1 aliphatic heterocycles. The molecule has 0 unspecified atom stereocenters. The SMILES string of the molecule is CC1=NS(=O)(=O)N(Cc2ccccc2)C=C1C(=O)OCc1cc(F)ccc1F. The molecule has 0 amide bonds.